The number of nitrogens with zero attached hydrogens (tertiary/aromatic N) is 2. The molecule has 1 amide bonds. The highest BCUT2D eigenvalue weighted by Gasteiger charge is 2.28. The summed E-state index contributed by atoms with van der Waals surface area (Å²) in [5.41, 5.74) is 0.712. The topological polar surface area (TPSA) is 66.6 Å². The highest BCUT2D eigenvalue weighted by atomic mass is 16.5. The van der Waals surface area contributed by atoms with Gasteiger partial charge in [-0.05, 0) is 25.8 Å². The van der Waals surface area contributed by atoms with Crippen molar-refractivity contribution in [3.8, 4) is 0 Å². The molecule has 1 aromatic carbocycles. The van der Waals surface area contributed by atoms with Gasteiger partial charge in [0.2, 0.25) is 5.76 Å². The summed E-state index contributed by atoms with van der Waals surface area (Å²) in [4.78, 5) is 14.2. The van der Waals surface area contributed by atoms with Crippen molar-refractivity contribution < 1.29 is 14.4 Å². The maximum absolute atomic E-state index is 12.6. The fourth-order valence-corrected chi connectivity index (χ4v) is 2.15. The normalized spacial score (nSPS) is 13.6. The summed E-state index contributed by atoms with van der Waals surface area (Å²) in [5, 5.41) is 14.1. The minimum absolute atomic E-state index is 0.195. The fourth-order valence-electron chi connectivity index (χ4n) is 2.15. The smallest absolute Gasteiger partial charge is 0.292 e. The minimum atomic E-state index is -0.945. The van der Waals surface area contributed by atoms with Crippen LogP contribution in [0.25, 0.3) is 0 Å². The molecule has 2 rings (SSSR count). The quantitative estimate of drug-likeness (QED) is 0.891. The lowest BCUT2D eigenvalue weighted by Gasteiger charge is -2.30. The summed E-state index contributed by atoms with van der Waals surface area (Å²) in [5.74, 6) is -0.0708. The number of hydrogen-bond acceptors (Lipinski definition) is 4. The highest BCUT2D eigenvalue weighted by Crippen LogP contribution is 2.17. The van der Waals surface area contributed by atoms with Crippen LogP contribution in [-0.4, -0.2) is 33.2 Å². The lowest BCUT2D eigenvalue weighted by Crippen LogP contribution is -2.43. The van der Waals surface area contributed by atoms with Gasteiger partial charge in [0.15, 0.2) is 0 Å². The van der Waals surface area contributed by atoms with Crippen LogP contribution in [0.2, 0.25) is 0 Å². The van der Waals surface area contributed by atoms with E-state index in [9.17, 15) is 9.90 Å². The molecule has 0 spiro atoms. The zero-order chi connectivity index (χ0) is 16.2. The van der Waals surface area contributed by atoms with Gasteiger partial charge >= 0.3 is 0 Å². The molecule has 5 nitrogen and oxygen atoms in total. The van der Waals surface area contributed by atoms with E-state index in [0.29, 0.717) is 18.7 Å². The van der Waals surface area contributed by atoms with Gasteiger partial charge in [0.1, 0.15) is 0 Å². The predicted molar refractivity (Wildman–Crippen MR) is 83.3 cm³/mol. The third-order valence-electron chi connectivity index (χ3n) is 3.64. The summed E-state index contributed by atoms with van der Waals surface area (Å²) in [6, 6.07) is 11.3. The highest BCUT2D eigenvalue weighted by molar-refractivity contribution is 5.91. The van der Waals surface area contributed by atoms with Crippen LogP contribution in [0.15, 0.2) is 40.9 Å². The van der Waals surface area contributed by atoms with Crippen LogP contribution in [0, 0.1) is 6.92 Å². The number of aromatic nitrogens is 1. The van der Waals surface area contributed by atoms with Crippen molar-refractivity contribution in [3.05, 3.63) is 53.4 Å². The second-order valence-corrected chi connectivity index (χ2v) is 5.83. The maximum Gasteiger partial charge on any atom is 0.292 e. The number of carbonyl (C=O) groups is 1. The Bertz CT molecular complexity index is 620. The number of rotatable bonds is 6. The van der Waals surface area contributed by atoms with Gasteiger partial charge in [-0.1, -0.05) is 42.4 Å². The third kappa shape index (κ3) is 4.18. The number of hydrogen-bond donors (Lipinski definition) is 1. The Kier molecular flexibility index (Phi) is 4.98. The van der Waals surface area contributed by atoms with Crippen LogP contribution in [-0.2, 0) is 6.54 Å². The van der Waals surface area contributed by atoms with E-state index in [1.165, 1.54) is 0 Å². The Morgan fingerprint density at radius 3 is 2.59 bits per heavy atom. The van der Waals surface area contributed by atoms with Crippen molar-refractivity contribution in [2.24, 2.45) is 0 Å². The average Bonchev–Trinajstić information content (AvgIpc) is 2.93. The molecule has 0 fully saturated rings. The van der Waals surface area contributed by atoms with Crippen LogP contribution in [0.5, 0.6) is 0 Å². The molecule has 0 bridgehead atoms. The lowest BCUT2D eigenvalue weighted by molar-refractivity contribution is 0.0119. The summed E-state index contributed by atoms with van der Waals surface area (Å²) in [6.07, 6.45) is 0.557. The van der Waals surface area contributed by atoms with Gasteiger partial charge in [0.05, 0.1) is 11.3 Å². The molecule has 1 heterocycles. The van der Waals surface area contributed by atoms with Crippen LogP contribution < -0.4 is 0 Å². The van der Waals surface area contributed by atoms with Crippen molar-refractivity contribution in [1.82, 2.24) is 10.1 Å². The summed E-state index contributed by atoms with van der Waals surface area (Å²) >= 11 is 0. The number of carbonyl (C=O) groups excluding carboxylic acids is 1. The molecule has 1 aromatic heterocycles. The Hall–Kier alpha value is -2.14. The molecule has 0 radical (unpaired) electrons. The summed E-state index contributed by atoms with van der Waals surface area (Å²) < 4.78 is 5.07. The summed E-state index contributed by atoms with van der Waals surface area (Å²) in [7, 11) is 0. The second-order valence-electron chi connectivity index (χ2n) is 5.83. The number of aliphatic hydroxyl groups is 1. The molecule has 1 atom stereocenters. The van der Waals surface area contributed by atoms with Crippen molar-refractivity contribution in [2.75, 3.05) is 6.54 Å². The van der Waals surface area contributed by atoms with Gasteiger partial charge in [-0.15, -0.1) is 0 Å². The molecule has 0 aliphatic rings. The third-order valence-corrected chi connectivity index (χ3v) is 3.64. The molecule has 0 saturated heterocycles. The monoisotopic (exact) mass is 302 g/mol. The molecule has 5 heteroatoms. The molecule has 0 unspecified atom stereocenters. The first-order valence-electron chi connectivity index (χ1n) is 7.40. The van der Waals surface area contributed by atoms with E-state index >= 15 is 0 Å². The molecule has 2 aromatic rings. The van der Waals surface area contributed by atoms with Gasteiger partial charge in [-0.25, -0.2) is 0 Å². The maximum atomic E-state index is 12.6. The number of aryl methyl sites for hydroxylation is 1. The van der Waals surface area contributed by atoms with Crippen molar-refractivity contribution in [1.29, 1.82) is 0 Å². The standard InChI is InChI=1S/C17H22N2O3/c1-4-17(3,21)12-19(11-14-8-6-5-7-9-14)16(20)15-10-13(2)18-22-15/h5-10,21H,4,11-12H2,1-3H3/t17-/m0/s1. The summed E-state index contributed by atoms with van der Waals surface area (Å²) in [6.45, 7) is 6.03. The average molecular weight is 302 g/mol. The van der Waals surface area contributed by atoms with Crippen LogP contribution in [0.3, 0.4) is 0 Å². The van der Waals surface area contributed by atoms with E-state index in [4.69, 9.17) is 4.52 Å². The zero-order valence-electron chi connectivity index (χ0n) is 13.2. The molecule has 0 aliphatic heterocycles. The molecule has 0 aliphatic carbocycles. The first kappa shape index (κ1) is 16.2. The van der Waals surface area contributed by atoms with Gasteiger partial charge in [-0.2, -0.15) is 0 Å². The largest absolute Gasteiger partial charge is 0.388 e. The first-order valence-corrected chi connectivity index (χ1v) is 7.40. The Morgan fingerprint density at radius 1 is 1.36 bits per heavy atom. The molecular weight excluding hydrogens is 280 g/mol. The first-order chi connectivity index (χ1) is 10.4. The SMILES string of the molecule is CC[C@](C)(O)CN(Cc1ccccc1)C(=O)c1cc(C)no1. The fraction of sp³-hybridized carbons (Fsp3) is 0.412. The van der Waals surface area contributed by atoms with Gasteiger partial charge in [0.25, 0.3) is 5.91 Å². The van der Waals surface area contributed by atoms with E-state index in [1.54, 1.807) is 24.8 Å². The number of benzene rings is 1. The second kappa shape index (κ2) is 6.75. The van der Waals surface area contributed by atoms with Crippen LogP contribution >= 0.6 is 0 Å². The predicted octanol–water partition coefficient (Wildman–Crippen LogP) is 2.79. The van der Waals surface area contributed by atoms with E-state index in [-0.39, 0.29) is 18.2 Å². The molecule has 1 N–H and O–H groups in total. The van der Waals surface area contributed by atoms with E-state index in [0.717, 1.165) is 5.56 Å². The zero-order valence-corrected chi connectivity index (χ0v) is 13.2. The Labute approximate surface area is 130 Å². The molecule has 118 valence electrons. The molecule has 22 heavy (non-hydrogen) atoms. The van der Waals surface area contributed by atoms with E-state index in [2.05, 4.69) is 5.16 Å². The van der Waals surface area contributed by atoms with Gasteiger partial charge < -0.3 is 14.5 Å². The van der Waals surface area contributed by atoms with Crippen LogP contribution in [0.4, 0.5) is 0 Å². The molecular formula is C17H22N2O3. The van der Waals surface area contributed by atoms with Gasteiger partial charge in [0, 0.05) is 19.2 Å². The lowest BCUT2D eigenvalue weighted by atomic mass is 10.0. The van der Waals surface area contributed by atoms with E-state index < -0.39 is 5.60 Å². The Balaban J connectivity index is 2.22. The van der Waals surface area contributed by atoms with Crippen LogP contribution in [0.1, 0.15) is 42.1 Å². The Morgan fingerprint density at radius 2 is 2.05 bits per heavy atom. The van der Waals surface area contributed by atoms with E-state index in [1.807, 2.05) is 37.3 Å². The number of amides is 1. The molecule has 0 saturated carbocycles. The van der Waals surface area contributed by atoms with Gasteiger partial charge in [-0.3, -0.25) is 4.79 Å². The minimum Gasteiger partial charge on any atom is -0.388 e. The van der Waals surface area contributed by atoms with Crippen molar-refractivity contribution in [3.63, 3.8) is 0 Å². The van der Waals surface area contributed by atoms with Crippen molar-refractivity contribution in [2.45, 2.75) is 39.3 Å². The van der Waals surface area contributed by atoms with Crippen molar-refractivity contribution >= 4 is 5.91 Å².